The van der Waals surface area contributed by atoms with E-state index in [1.54, 1.807) is 6.20 Å². The van der Waals surface area contributed by atoms with Crippen LogP contribution in [0.3, 0.4) is 0 Å². The van der Waals surface area contributed by atoms with Crippen molar-refractivity contribution in [3.63, 3.8) is 0 Å². The molecule has 2 aromatic rings. The Balaban J connectivity index is 1.89. The van der Waals surface area contributed by atoms with Crippen molar-refractivity contribution in [2.24, 2.45) is 0 Å². The first kappa shape index (κ1) is 12.0. The molecule has 0 bridgehead atoms. The summed E-state index contributed by atoms with van der Waals surface area (Å²) in [6, 6.07) is 3.92. The maximum atomic E-state index is 10.7. The molecule has 0 atom stereocenters. The number of carbonyl (C=O) groups is 1. The summed E-state index contributed by atoms with van der Waals surface area (Å²) in [6.45, 7) is 3.24. The zero-order chi connectivity index (χ0) is 13.2. The Morgan fingerprint density at radius 2 is 2.11 bits per heavy atom. The summed E-state index contributed by atoms with van der Waals surface area (Å²) in [7, 11) is 0. The van der Waals surface area contributed by atoms with Crippen molar-refractivity contribution in [2.75, 3.05) is 31.2 Å². The number of nitrogens with zero attached hydrogens (tertiary/aromatic N) is 3. The van der Waals surface area contributed by atoms with Crippen LogP contribution in [0.5, 0.6) is 0 Å². The SMILES string of the molecule is O=C(O)Cc1cn2cc(N3CCOCC3)ccc2n1. The van der Waals surface area contributed by atoms with Crippen LogP contribution in [0, 0.1) is 0 Å². The fourth-order valence-corrected chi connectivity index (χ4v) is 2.28. The van der Waals surface area contributed by atoms with Gasteiger partial charge in [0.05, 0.1) is 31.0 Å². The monoisotopic (exact) mass is 261 g/mol. The molecule has 1 aliphatic rings. The van der Waals surface area contributed by atoms with Crippen molar-refractivity contribution in [1.29, 1.82) is 0 Å². The molecular weight excluding hydrogens is 246 g/mol. The minimum atomic E-state index is -0.864. The van der Waals surface area contributed by atoms with Gasteiger partial charge in [0.15, 0.2) is 0 Å². The number of carboxylic acids is 1. The summed E-state index contributed by atoms with van der Waals surface area (Å²) in [5.74, 6) is -0.864. The number of hydrogen-bond donors (Lipinski definition) is 1. The van der Waals surface area contributed by atoms with Gasteiger partial charge >= 0.3 is 5.97 Å². The van der Waals surface area contributed by atoms with Crippen molar-refractivity contribution < 1.29 is 14.6 Å². The summed E-state index contributed by atoms with van der Waals surface area (Å²) in [6.07, 6.45) is 3.71. The second-order valence-electron chi connectivity index (χ2n) is 4.55. The number of imidazole rings is 1. The molecule has 0 radical (unpaired) electrons. The first-order valence-electron chi connectivity index (χ1n) is 6.24. The lowest BCUT2D eigenvalue weighted by molar-refractivity contribution is -0.136. The first-order chi connectivity index (χ1) is 9.22. The first-order valence-corrected chi connectivity index (χ1v) is 6.24. The van der Waals surface area contributed by atoms with Crippen LogP contribution in [-0.2, 0) is 16.0 Å². The number of rotatable bonds is 3. The molecule has 3 rings (SSSR count). The molecule has 0 aromatic carbocycles. The zero-order valence-corrected chi connectivity index (χ0v) is 10.5. The third-order valence-electron chi connectivity index (χ3n) is 3.19. The normalized spacial score (nSPS) is 15.9. The number of fused-ring (bicyclic) bond motifs is 1. The predicted molar refractivity (Wildman–Crippen MR) is 69.6 cm³/mol. The lowest BCUT2D eigenvalue weighted by atomic mass is 10.3. The van der Waals surface area contributed by atoms with E-state index in [0.717, 1.165) is 37.6 Å². The Morgan fingerprint density at radius 3 is 2.84 bits per heavy atom. The molecule has 3 heterocycles. The van der Waals surface area contributed by atoms with Crippen molar-refractivity contribution in [3.8, 4) is 0 Å². The summed E-state index contributed by atoms with van der Waals surface area (Å²) in [5, 5.41) is 8.78. The van der Waals surface area contributed by atoms with Crippen molar-refractivity contribution in [3.05, 3.63) is 30.2 Å². The molecule has 0 unspecified atom stereocenters. The number of hydrogen-bond acceptors (Lipinski definition) is 4. The van der Waals surface area contributed by atoms with Gasteiger partial charge in [0.25, 0.3) is 0 Å². The van der Waals surface area contributed by atoms with E-state index >= 15 is 0 Å². The maximum absolute atomic E-state index is 10.7. The third-order valence-corrected chi connectivity index (χ3v) is 3.19. The summed E-state index contributed by atoms with van der Waals surface area (Å²) in [4.78, 5) is 17.2. The molecule has 0 spiro atoms. The molecular formula is C13H15N3O3. The van der Waals surface area contributed by atoms with E-state index in [4.69, 9.17) is 9.84 Å². The Labute approximate surface area is 110 Å². The number of pyridine rings is 1. The molecule has 6 heteroatoms. The topological polar surface area (TPSA) is 67.1 Å². The van der Waals surface area contributed by atoms with Crippen LogP contribution in [0.1, 0.15) is 5.69 Å². The van der Waals surface area contributed by atoms with E-state index in [0.29, 0.717) is 5.69 Å². The summed E-state index contributed by atoms with van der Waals surface area (Å²) in [5.41, 5.74) is 2.45. The van der Waals surface area contributed by atoms with E-state index in [1.807, 2.05) is 22.7 Å². The second kappa shape index (κ2) is 4.89. The van der Waals surface area contributed by atoms with Gasteiger partial charge in [-0.1, -0.05) is 0 Å². The van der Waals surface area contributed by atoms with Crippen LogP contribution in [0.25, 0.3) is 5.65 Å². The van der Waals surface area contributed by atoms with E-state index in [9.17, 15) is 4.79 Å². The number of aromatic nitrogens is 2. The highest BCUT2D eigenvalue weighted by Crippen LogP contribution is 2.17. The Kier molecular flexibility index (Phi) is 3.08. The van der Waals surface area contributed by atoms with Gasteiger partial charge in [-0.05, 0) is 12.1 Å². The summed E-state index contributed by atoms with van der Waals surface area (Å²) < 4.78 is 7.21. The molecule has 0 saturated carbocycles. The predicted octanol–water partition coefficient (Wildman–Crippen LogP) is 0.798. The van der Waals surface area contributed by atoms with Crippen LogP contribution in [0.4, 0.5) is 5.69 Å². The minimum absolute atomic E-state index is 0.0471. The van der Waals surface area contributed by atoms with Crippen molar-refractivity contribution in [2.45, 2.75) is 6.42 Å². The van der Waals surface area contributed by atoms with Crippen LogP contribution >= 0.6 is 0 Å². The molecule has 6 nitrogen and oxygen atoms in total. The highest BCUT2D eigenvalue weighted by atomic mass is 16.5. The molecule has 1 aliphatic heterocycles. The average Bonchev–Trinajstić information content (AvgIpc) is 2.79. The van der Waals surface area contributed by atoms with Gasteiger partial charge in [0.1, 0.15) is 5.65 Å². The van der Waals surface area contributed by atoms with Gasteiger partial charge in [0, 0.05) is 25.5 Å². The molecule has 0 aliphatic carbocycles. The number of carboxylic acid groups (broad SMARTS) is 1. The maximum Gasteiger partial charge on any atom is 0.309 e. The Hall–Kier alpha value is -2.08. The molecule has 0 amide bonds. The number of morpholine rings is 1. The molecule has 2 aromatic heterocycles. The number of aliphatic carboxylic acids is 1. The van der Waals surface area contributed by atoms with Gasteiger partial charge in [-0.25, -0.2) is 4.98 Å². The fourth-order valence-electron chi connectivity index (χ4n) is 2.28. The van der Waals surface area contributed by atoms with Crippen molar-refractivity contribution >= 4 is 17.3 Å². The molecule has 1 fully saturated rings. The lowest BCUT2D eigenvalue weighted by Gasteiger charge is -2.28. The Morgan fingerprint density at radius 1 is 1.32 bits per heavy atom. The number of anilines is 1. The second-order valence-corrected chi connectivity index (χ2v) is 4.55. The van der Waals surface area contributed by atoms with Gasteiger partial charge in [-0.15, -0.1) is 0 Å². The molecule has 1 N–H and O–H groups in total. The van der Waals surface area contributed by atoms with E-state index in [2.05, 4.69) is 9.88 Å². The van der Waals surface area contributed by atoms with Gasteiger partial charge in [0.2, 0.25) is 0 Å². The van der Waals surface area contributed by atoms with E-state index in [-0.39, 0.29) is 6.42 Å². The largest absolute Gasteiger partial charge is 0.481 e. The average molecular weight is 261 g/mol. The molecule has 19 heavy (non-hydrogen) atoms. The van der Waals surface area contributed by atoms with E-state index in [1.165, 1.54) is 0 Å². The highest BCUT2D eigenvalue weighted by molar-refractivity contribution is 5.70. The third kappa shape index (κ3) is 2.53. The fraction of sp³-hybridized carbons (Fsp3) is 0.385. The smallest absolute Gasteiger partial charge is 0.309 e. The number of ether oxygens (including phenoxy) is 1. The van der Waals surface area contributed by atoms with Crippen LogP contribution in [-0.4, -0.2) is 46.8 Å². The van der Waals surface area contributed by atoms with Gasteiger partial charge in [-0.3, -0.25) is 4.79 Å². The molecule has 1 saturated heterocycles. The van der Waals surface area contributed by atoms with Crippen LogP contribution in [0.15, 0.2) is 24.5 Å². The van der Waals surface area contributed by atoms with E-state index < -0.39 is 5.97 Å². The Bertz CT molecular complexity index is 602. The van der Waals surface area contributed by atoms with Crippen LogP contribution < -0.4 is 4.90 Å². The van der Waals surface area contributed by atoms with Crippen molar-refractivity contribution in [1.82, 2.24) is 9.38 Å². The molecule has 100 valence electrons. The quantitative estimate of drug-likeness (QED) is 0.885. The van der Waals surface area contributed by atoms with Crippen LogP contribution in [0.2, 0.25) is 0 Å². The zero-order valence-electron chi connectivity index (χ0n) is 10.5. The standard InChI is InChI=1S/C13H15N3O3/c17-13(18)7-10-8-16-9-11(1-2-12(16)14-10)15-3-5-19-6-4-15/h1-2,8-9H,3-7H2,(H,17,18). The van der Waals surface area contributed by atoms with Gasteiger partial charge in [-0.2, -0.15) is 0 Å². The highest BCUT2D eigenvalue weighted by Gasteiger charge is 2.12. The summed E-state index contributed by atoms with van der Waals surface area (Å²) >= 11 is 0. The van der Waals surface area contributed by atoms with Gasteiger partial charge < -0.3 is 19.1 Å². The minimum Gasteiger partial charge on any atom is -0.481 e. The lowest BCUT2D eigenvalue weighted by Crippen LogP contribution is -2.36.